The molecule has 2 unspecified atom stereocenters. The average molecular weight is 581 g/mol. The molecule has 0 saturated carbocycles. The van der Waals surface area contributed by atoms with Crippen molar-refractivity contribution >= 4 is 35.5 Å². The van der Waals surface area contributed by atoms with Gasteiger partial charge in [-0.15, -0.1) is 0 Å². The molecule has 6 rings (SSSR count). The van der Waals surface area contributed by atoms with Crippen LogP contribution in [0.1, 0.15) is 74.7 Å². The minimum atomic E-state index is -0.982. The Labute approximate surface area is 249 Å². The predicted octanol–water partition coefficient (Wildman–Crippen LogP) is 5.60. The van der Waals surface area contributed by atoms with Crippen molar-refractivity contribution in [3.05, 3.63) is 100 Å². The minimum Gasteiger partial charge on any atom is -0.497 e. The summed E-state index contributed by atoms with van der Waals surface area (Å²) < 4.78 is 16.0. The summed E-state index contributed by atoms with van der Waals surface area (Å²) in [6.07, 6.45) is 2.99. The highest BCUT2D eigenvalue weighted by Gasteiger charge is 2.56. The van der Waals surface area contributed by atoms with Gasteiger partial charge in [-0.05, 0) is 77.4 Å². The van der Waals surface area contributed by atoms with Gasteiger partial charge in [0, 0.05) is 6.54 Å². The van der Waals surface area contributed by atoms with E-state index in [2.05, 4.69) is 6.08 Å². The Balaban J connectivity index is 1.40. The zero-order valence-corrected chi connectivity index (χ0v) is 24.3. The van der Waals surface area contributed by atoms with E-state index in [0.29, 0.717) is 36.1 Å². The van der Waals surface area contributed by atoms with Crippen molar-refractivity contribution in [3.8, 4) is 5.75 Å². The normalized spacial score (nSPS) is 19.7. The summed E-state index contributed by atoms with van der Waals surface area (Å²) >= 11 is 0. The number of ether oxygens (including phenoxy) is 3. The zero-order chi connectivity index (χ0) is 30.3. The van der Waals surface area contributed by atoms with Gasteiger partial charge in [0.25, 0.3) is 11.8 Å². The number of esters is 1. The van der Waals surface area contributed by atoms with Gasteiger partial charge in [0.15, 0.2) is 0 Å². The third kappa shape index (κ3) is 4.38. The Morgan fingerprint density at radius 1 is 0.837 bits per heavy atom. The van der Waals surface area contributed by atoms with Crippen LogP contribution in [0.3, 0.4) is 0 Å². The molecule has 0 radical (unpaired) electrons. The zero-order valence-electron chi connectivity index (χ0n) is 24.3. The van der Waals surface area contributed by atoms with Crippen molar-refractivity contribution in [1.29, 1.82) is 0 Å². The Bertz CT molecular complexity index is 1640. The maximum Gasteiger partial charge on any atom is 0.411 e. The number of rotatable bonds is 8. The van der Waals surface area contributed by atoms with Crippen LogP contribution < -0.4 is 4.74 Å². The first-order valence-electron chi connectivity index (χ1n) is 14.2. The Morgan fingerprint density at radius 2 is 1.51 bits per heavy atom. The first kappa shape index (κ1) is 28.2. The molecule has 2 atom stereocenters. The lowest BCUT2D eigenvalue weighted by molar-refractivity contribution is -0.142. The van der Waals surface area contributed by atoms with E-state index in [4.69, 9.17) is 14.2 Å². The number of methoxy groups -OCH3 is 3. The highest BCUT2D eigenvalue weighted by molar-refractivity contribution is 6.21. The van der Waals surface area contributed by atoms with Gasteiger partial charge < -0.3 is 14.2 Å². The van der Waals surface area contributed by atoms with Crippen LogP contribution >= 0.6 is 0 Å². The summed E-state index contributed by atoms with van der Waals surface area (Å²) in [7, 11) is 4.27. The van der Waals surface area contributed by atoms with Gasteiger partial charge in [-0.2, -0.15) is 0 Å². The number of amides is 3. The number of carbonyl (C=O) groups is 4. The fourth-order valence-electron chi connectivity index (χ4n) is 6.89. The summed E-state index contributed by atoms with van der Waals surface area (Å²) in [4.78, 5) is 55.4. The summed E-state index contributed by atoms with van der Waals surface area (Å²) in [5.74, 6) is -0.356. The molecule has 0 bridgehead atoms. The van der Waals surface area contributed by atoms with Gasteiger partial charge in [0.05, 0.1) is 50.5 Å². The minimum absolute atomic E-state index is 0.0574. The molecule has 3 aliphatic rings. The Morgan fingerprint density at radius 3 is 2.16 bits per heavy atom. The molecule has 220 valence electrons. The molecular formula is C34H32N2O7. The lowest BCUT2D eigenvalue weighted by Gasteiger charge is -2.51. The number of hydrogen-bond acceptors (Lipinski definition) is 7. The molecule has 0 N–H and O–H groups in total. The monoisotopic (exact) mass is 580 g/mol. The molecule has 0 fully saturated rings. The number of benzene rings is 3. The maximum atomic E-state index is 13.8. The number of nitrogens with zero attached hydrogens (tertiary/aromatic N) is 2. The second kappa shape index (κ2) is 11.1. The molecule has 3 aromatic carbocycles. The van der Waals surface area contributed by atoms with Gasteiger partial charge in [-0.25, -0.2) is 4.79 Å². The molecule has 0 spiro atoms. The van der Waals surface area contributed by atoms with Gasteiger partial charge >= 0.3 is 12.1 Å². The van der Waals surface area contributed by atoms with Crippen LogP contribution in [0.15, 0.2) is 66.7 Å². The highest BCUT2D eigenvalue weighted by Crippen LogP contribution is 2.59. The van der Waals surface area contributed by atoms with Crippen molar-refractivity contribution in [2.75, 3.05) is 27.9 Å². The van der Waals surface area contributed by atoms with Crippen LogP contribution in [-0.4, -0.2) is 61.6 Å². The third-order valence-corrected chi connectivity index (χ3v) is 8.79. The standard InChI is InChI=1S/C34H32N2O7/c1-41-22-14-15-27-21(18-22)19-28-23-10-4-5-11-24(23)29(20-30(37)42-2)36(33(40)43-3)34(27,28)16-8-9-17-35-31(38)25-12-6-7-13-26(25)32(35)39/h4-7,10-15,18-19,29H,8-9,16-17,20H2,1-3H3. The van der Waals surface area contributed by atoms with E-state index in [1.807, 2.05) is 42.5 Å². The summed E-state index contributed by atoms with van der Waals surface area (Å²) in [6, 6.07) is 19.7. The fourth-order valence-corrected chi connectivity index (χ4v) is 6.89. The lowest BCUT2D eigenvalue weighted by Crippen LogP contribution is -2.54. The first-order chi connectivity index (χ1) is 20.8. The molecule has 9 nitrogen and oxygen atoms in total. The van der Waals surface area contributed by atoms with E-state index in [0.717, 1.165) is 27.8 Å². The molecule has 2 heterocycles. The third-order valence-electron chi connectivity index (χ3n) is 8.79. The molecule has 1 aliphatic carbocycles. The summed E-state index contributed by atoms with van der Waals surface area (Å²) in [5, 5.41) is 0. The van der Waals surface area contributed by atoms with E-state index in [1.54, 1.807) is 36.3 Å². The predicted molar refractivity (Wildman–Crippen MR) is 158 cm³/mol. The number of carbonyl (C=O) groups excluding carboxylic acids is 4. The summed E-state index contributed by atoms with van der Waals surface area (Å²) in [5.41, 5.74) is 4.32. The van der Waals surface area contributed by atoms with Crippen LogP contribution in [0.5, 0.6) is 5.75 Å². The second-order valence-corrected chi connectivity index (χ2v) is 10.9. The van der Waals surface area contributed by atoms with E-state index >= 15 is 0 Å². The molecular weight excluding hydrogens is 548 g/mol. The van der Waals surface area contributed by atoms with E-state index in [9.17, 15) is 19.2 Å². The topological polar surface area (TPSA) is 102 Å². The number of hydrogen-bond donors (Lipinski definition) is 0. The van der Waals surface area contributed by atoms with Gasteiger partial charge in [-0.3, -0.25) is 24.2 Å². The number of unbranched alkanes of at least 4 members (excludes halogenated alkanes) is 1. The van der Waals surface area contributed by atoms with Gasteiger partial charge in [-0.1, -0.05) is 42.5 Å². The van der Waals surface area contributed by atoms with Crippen molar-refractivity contribution < 1.29 is 33.4 Å². The van der Waals surface area contributed by atoms with Crippen LogP contribution in [0.25, 0.3) is 11.6 Å². The Kier molecular flexibility index (Phi) is 7.25. The quantitative estimate of drug-likeness (QED) is 0.194. The molecule has 2 aliphatic heterocycles. The fraction of sp³-hybridized carbons (Fsp3) is 0.294. The molecule has 0 aromatic heterocycles. The SMILES string of the molecule is COC(=O)CC1c2ccccc2C2=Cc3cc(OC)ccc3C2(CCCCN2C(=O)c3ccccc3C2=O)N1C(=O)OC. The largest absolute Gasteiger partial charge is 0.497 e. The van der Waals surface area contributed by atoms with Crippen molar-refractivity contribution in [2.45, 2.75) is 37.3 Å². The van der Waals surface area contributed by atoms with Crippen molar-refractivity contribution in [2.24, 2.45) is 0 Å². The second-order valence-electron chi connectivity index (χ2n) is 10.9. The number of imide groups is 1. The van der Waals surface area contributed by atoms with Crippen molar-refractivity contribution in [1.82, 2.24) is 9.80 Å². The Hall–Kier alpha value is -4.92. The number of fused-ring (bicyclic) bond motifs is 6. The molecule has 43 heavy (non-hydrogen) atoms. The first-order valence-corrected chi connectivity index (χ1v) is 14.2. The van der Waals surface area contributed by atoms with Gasteiger partial charge in [0.2, 0.25) is 0 Å². The van der Waals surface area contributed by atoms with E-state index in [1.165, 1.54) is 19.1 Å². The molecule has 3 aromatic rings. The van der Waals surface area contributed by atoms with Crippen LogP contribution in [-0.2, 0) is 19.8 Å². The van der Waals surface area contributed by atoms with Crippen LogP contribution in [0.2, 0.25) is 0 Å². The van der Waals surface area contributed by atoms with E-state index < -0.39 is 23.6 Å². The van der Waals surface area contributed by atoms with Crippen LogP contribution in [0.4, 0.5) is 4.79 Å². The molecule has 3 amide bonds. The van der Waals surface area contributed by atoms with Gasteiger partial charge in [0.1, 0.15) is 5.75 Å². The molecule has 0 saturated heterocycles. The van der Waals surface area contributed by atoms with Crippen molar-refractivity contribution in [3.63, 3.8) is 0 Å². The maximum absolute atomic E-state index is 13.8. The van der Waals surface area contributed by atoms with E-state index in [-0.39, 0.29) is 24.8 Å². The average Bonchev–Trinajstić information content (AvgIpc) is 3.49. The summed E-state index contributed by atoms with van der Waals surface area (Å²) in [6.45, 7) is 0.247. The molecule has 9 heteroatoms. The lowest BCUT2D eigenvalue weighted by atomic mass is 9.71. The smallest absolute Gasteiger partial charge is 0.411 e. The van der Waals surface area contributed by atoms with Crippen LogP contribution in [0, 0.1) is 0 Å². The highest BCUT2D eigenvalue weighted by atomic mass is 16.5.